The third-order valence-electron chi connectivity index (χ3n) is 2.83. The second-order valence-corrected chi connectivity index (χ2v) is 4.56. The lowest BCUT2D eigenvalue weighted by Gasteiger charge is -2.06. The zero-order valence-corrected chi connectivity index (χ0v) is 12.1. The monoisotopic (exact) mass is 291 g/mol. The average molecular weight is 291 g/mol. The molecule has 0 saturated carbocycles. The molecule has 0 bridgehead atoms. The van der Waals surface area contributed by atoms with Gasteiger partial charge in [-0.1, -0.05) is 0 Å². The molecule has 112 valence electrons. The van der Waals surface area contributed by atoms with E-state index in [0.717, 1.165) is 12.1 Å². The molecule has 0 saturated heterocycles. The summed E-state index contributed by atoms with van der Waals surface area (Å²) in [6.07, 6.45) is 3.39. The number of halogens is 1. The second kappa shape index (κ2) is 7.66. The highest BCUT2D eigenvalue weighted by molar-refractivity contribution is 5.30. The lowest BCUT2D eigenvalue weighted by atomic mass is 10.2. The maximum atomic E-state index is 13.2. The van der Waals surface area contributed by atoms with Crippen molar-refractivity contribution in [2.75, 3.05) is 20.3 Å². The van der Waals surface area contributed by atoms with Crippen LogP contribution >= 0.6 is 0 Å². The lowest BCUT2D eigenvalue weighted by molar-refractivity contribution is 0.199. The van der Waals surface area contributed by atoms with Crippen LogP contribution in [0.5, 0.6) is 11.8 Å². The molecule has 5 nitrogen and oxygen atoms in total. The van der Waals surface area contributed by atoms with Gasteiger partial charge in [0.15, 0.2) is 0 Å². The Balaban J connectivity index is 1.91. The molecule has 0 spiro atoms. The van der Waals surface area contributed by atoms with Gasteiger partial charge in [0, 0.05) is 38.2 Å². The fraction of sp³-hybridized carbons (Fsp3) is 0.333. The largest absolute Gasteiger partial charge is 0.424 e. The maximum Gasteiger partial charge on any atom is 0.321 e. The van der Waals surface area contributed by atoms with Crippen LogP contribution in [-0.2, 0) is 11.3 Å². The Morgan fingerprint density at radius 2 is 2.00 bits per heavy atom. The number of ether oxygens (including phenoxy) is 2. The van der Waals surface area contributed by atoms with Crippen molar-refractivity contribution in [3.8, 4) is 11.8 Å². The quantitative estimate of drug-likeness (QED) is 0.794. The molecule has 21 heavy (non-hydrogen) atoms. The van der Waals surface area contributed by atoms with E-state index in [1.54, 1.807) is 38.6 Å². The molecule has 0 radical (unpaired) electrons. The summed E-state index contributed by atoms with van der Waals surface area (Å²) >= 11 is 0. The van der Waals surface area contributed by atoms with Crippen molar-refractivity contribution in [1.82, 2.24) is 15.3 Å². The summed E-state index contributed by atoms with van der Waals surface area (Å²) in [5, 5.41) is 3.20. The topological polar surface area (TPSA) is 56.3 Å². The van der Waals surface area contributed by atoms with Crippen molar-refractivity contribution in [2.45, 2.75) is 13.5 Å². The molecule has 2 aromatic rings. The first-order chi connectivity index (χ1) is 10.2. The highest BCUT2D eigenvalue weighted by atomic mass is 19.1. The lowest BCUT2D eigenvalue weighted by Crippen LogP contribution is -2.18. The molecule has 6 heteroatoms. The van der Waals surface area contributed by atoms with E-state index in [1.807, 2.05) is 0 Å². The molecular formula is C15H18FN3O2. The highest BCUT2D eigenvalue weighted by Gasteiger charge is 2.04. The Kier molecular flexibility index (Phi) is 5.59. The zero-order chi connectivity index (χ0) is 15.1. The minimum Gasteiger partial charge on any atom is -0.424 e. The van der Waals surface area contributed by atoms with Crippen LogP contribution in [0.25, 0.3) is 0 Å². The molecule has 1 aromatic carbocycles. The number of aryl methyl sites for hydroxylation is 1. The smallest absolute Gasteiger partial charge is 0.321 e. The molecule has 0 atom stereocenters. The van der Waals surface area contributed by atoms with Crippen molar-refractivity contribution in [3.05, 3.63) is 47.5 Å². The van der Waals surface area contributed by atoms with Crippen molar-refractivity contribution in [2.24, 2.45) is 0 Å². The van der Waals surface area contributed by atoms with Gasteiger partial charge in [-0.15, -0.1) is 0 Å². The summed E-state index contributed by atoms with van der Waals surface area (Å²) in [6, 6.07) is 4.76. The summed E-state index contributed by atoms with van der Waals surface area (Å²) in [5.41, 5.74) is 1.47. The summed E-state index contributed by atoms with van der Waals surface area (Å²) in [7, 11) is 1.66. The van der Waals surface area contributed by atoms with Crippen molar-refractivity contribution in [1.29, 1.82) is 0 Å². The van der Waals surface area contributed by atoms with Crippen LogP contribution in [0, 0.1) is 12.7 Å². The second-order valence-electron chi connectivity index (χ2n) is 4.56. The van der Waals surface area contributed by atoms with Crippen LogP contribution < -0.4 is 10.1 Å². The Labute approximate surface area is 123 Å². The van der Waals surface area contributed by atoms with Gasteiger partial charge in [-0.25, -0.2) is 14.4 Å². The van der Waals surface area contributed by atoms with Crippen molar-refractivity contribution < 1.29 is 13.9 Å². The van der Waals surface area contributed by atoms with Crippen molar-refractivity contribution in [3.63, 3.8) is 0 Å². The number of methoxy groups -OCH3 is 1. The maximum absolute atomic E-state index is 13.2. The van der Waals surface area contributed by atoms with E-state index in [4.69, 9.17) is 9.47 Å². The Morgan fingerprint density at radius 3 is 2.67 bits per heavy atom. The Morgan fingerprint density at radius 1 is 1.24 bits per heavy atom. The molecule has 2 rings (SSSR count). The van der Waals surface area contributed by atoms with Gasteiger partial charge >= 0.3 is 6.01 Å². The number of hydrogen-bond donors (Lipinski definition) is 1. The van der Waals surface area contributed by atoms with Gasteiger partial charge in [-0.05, 0) is 30.7 Å². The standard InChI is InChI=1S/C15H18FN3O2/c1-11-7-13(3-4-14(11)16)21-15-18-9-12(10-19-15)8-17-5-6-20-2/h3-4,7,9-10,17H,5-6,8H2,1-2H3. The van der Waals surface area contributed by atoms with E-state index in [1.165, 1.54) is 6.07 Å². The first-order valence-electron chi connectivity index (χ1n) is 6.63. The van der Waals surface area contributed by atoms with Gasteiger partial charge in [0.2, 0.25) is 0 Å². The SMILES string of the molecule is COCCNCc1cnc(Oc2ccc(F)c(C)c2)nc1. The summed E-state index contributed by atoms with van der Waals surface area (Å²) in [6.45, 7) is 3.77. The summed E-state index contributed by atoms with van der Waals surface area (Å²) in [5.74, 6) is 0.251. The average Bonchev–Trinajstić information content (AvgIpc) is 2.49. The van der Waals surface area contributed by atoms with E-state index < -0.39 is 0 Å². The number of rotatable bonds is 7. The Bertz CT molecular complexity index is 576. The van der Waals surface area contributed by atoms with E-state index in [9.17, 15) is 4.39 Å². The number of nitrogens with zero attached hydrogens (tertiary/aromatic N) is 2. The van der Waals surface area contributed by atoms with Crippen LogP contribution in [0.1, 0.15) is 11.1 Å². The predicted molar refractivity (Wildman–Crippen MR) is 76.8 cm³/mol. The predicted octanol–water partition coefficient (Wildman–Crippen LogP) is 2.45. The van der Waals surface area contributed by atoms with Crippen LogP contribution in [0.2, 0.25) is 0 Å². The third-order valence-corrected chi connectivity index (χ3v) is 2.83. The van der Waals surface area contributed by atoms with E-state index in [-0.39, 0.29) is 11.8 Å². The van der Waals surface area contributed by atoms with E-state index in [2.05, 4.69) is 15.3 Å². The van der Waals surface area contributed by atoms with Gasteiger partial charge in [0.1, 0.15) is 11.6 Å². The van der Waals surface area contributed by atoms with Gasteiger partial charge in [0.25, 0.3) is 0 Å². The minimum absolute atomic E-state index is 0.238. The molecule has 0 aliphatic carbocycles. The molecule has 0 unspecified atom stereocenters. The normalized spacial score (nSPS) is 10.6. The molecule has 1 N–H and O–H groups in total. The third kappa shape index (κ3) is 4.77. The zero-order valence-electron chi connectivity index (χ0n) is 12.1. The van der Waals surface area contributed by atoms with E-state index in [0.29, 0.717) is 24.5 Å². The summed E-state index contributed by atoms with van der Waals surface area (Å²) in [4.78, 5) is 8.25. The number of aromatic nitrogens is 2. The Hall–Kier alpha value is -2.05. The van der Waals surface area contributed by atoms with Crippen molar-refractivity contribution >= 4 is 0 Å². The number of nitrogens with one attached hydrogen (secondary N) is 1. The molecular weight excluding hydrogens is 273 g/mol. The van der Waals surface area contributed by atoms with Crippen LogP contribution in [0.3, 0.4) is 0 Å². The first kappa shape index (κ1) is 15.3. The molecule has 0 amide bonds. The highest BCUT2D eigenvalue weighted by Crippen LogP contribution is 2.20. The minimum atomic E-state index is -0.263. The molecule has 1 aromatic heterocycles. The van der Waals surface area contributed by atoms with Gasteiger partial charge in [-0.3, -0.25) is 0 Å². The molecule has 0 aliphatic rings. The van der Waals surface area contributed by atoms with Crippen LogP contribution in [0.4, 0.5) is 4.39 Å². The molecule has 1 heterocycles. The van der Waals surface area contributed by atoms with Crippen LogP contribution in [0.15, 0.2) is 30.6 Å². The summed E-state index contributed by atoms with van der Waals surface area (Å²) < 4.78 is 23.6. The van der Waals surface area contributed by atoms with E-state index >= 15 is 0 Å². The van der Waals surface area contributed by atoms with Gasteiger partial charge in [-0.2, -0.15) is 0 Å². The molecule has 0 fully saturated rings. The fourth-order valence-electron chi connectivity index (χ4n) is 1.68. The number of benzene rings is 1. The van der Waals surface area contributed by atoms with Gasteiger partial charge < -0.3 is 14.8 Å². The fourth-order valence-corrected chi connectivity index (χ4v) is 1.68. The van der Waals surface area contributed by atoms with Crippen LogP contribution in [-0.4, -0.2) is 30.2 Å². The molecule has 0 aliphatic heterocycles. The number of hydrogen-bond acceptors (Lipinski definition) is 5. The first-order valence-corrected chi connectivity index (χ1v) is 6.63. The van der Waals surface area contributed by atoms with Gasteiger partial charge in [0.05, 0.1) is 6.61 Å².